The number of carboxylic acids is 1. The van der Waals surface area contributed by atoms with Crippen LogP contribution in [0.5, 0.6) is 0 Å². The van der Waals surface area contributed by atoms with Crippen LogP contribution >= 0.6 is 0 Å². The van der Waals surface area contributed by atoms with Gasteiger partial charge < -0.3 is 15.3 Å². The first-order valence-electron chi connectivity index (χ1n) is 11.7. The number of hydrogen-bond acceptors (Lipinski definition) is 4. The monoisotopic (exact) mass is 437 g/mol. The Balaban J connectivity index is 3.11. The molecule has 0 unspecified atom stereocenters. The van der Waals surface area contributed by atoms with Gasteiger partial charge >= 0.3 is 5.97 Å². The molecule has 1 aliphatic rings. The van der Waals surface area contributed by atoms with Gasteiger partial charge in [-0.15, -0.1) is 0 Å². The van der Waals surface area contributed by atoms with Gasteiger partial charge in [-0.2, -0.15) is 0 Å². The number of aliphatic carboxylic acids is 1. The van der Waals surface area contributed by atoms with Crippen molar-refractivity contribution in [2.45, 2.75) is 98.3 Å². The Hall–Kier alpha value is -1.89. The lowest BCUT2D eigenvalue weighted by Gasteiger charge is -2.39. The third-order valence-corrected chi connectivity index (χ3v) is 6.52. The predicted molar refractivity (Wildman–Crippen MR) is 124 cm³/mol. The number of piperidine rings is 1. The zero-order valence-corrected chi connectivity index (χ0v) is 20.6. The maximum Gasteiger partial charge on any atom is 0.331 e. The van der Waals surface area contributed by atoms with E-state index < -0.39 is 12.0 Å². The summed E-state index contributed by atoms with van der Waals surface area (Å²) >= 11 is 0. The average molecular weight is 438 g/mol. The third kappa shape index (κ3) is 7.34. The second-order valence-corrected chi connectivity index (χ2v) is 9.55. The maximum atomic E-state index is 13.5. The first-order valence-corrected chi connectivity index (χ1v) is 11.7. The van der Waals surface area contributed by atoms with E-state index in [0.29, 0.717) is 0 Å². The van der Waals surface area contributed by atoms with E-state index in [9.17, 15) is 19.5 Å². The Morgan fingerprint density at radius 3 is 2.26 bits per heavy atom. The highest BCUT2D eigenvalue weighted by Gasteiger charge is 2.36. The standard InChI is InChI=1S/C24H43N3O4/c1-9-17(6)21(25-22(28)19-12-10-11-13-27(19)16(4)5)23(29)26(8)20(15(2)3)14-18(7)24(30)31/h14-17,19-21H,9-13H2,1-8H3,(H,25,28)(H,30,31)/t17-,19-,20-,21-/m1/s1. The number of hydrogen-bond donors (Lipinski definition) is 2. The highest BCUT2D eigenvalue weighted by Crippen LogP contribution is 2.22. The molecule has 1 fully saturated rings. The fourth-order valence-electron chi connectivity index (χ4n) is 4.23. The second-order valence-electron chi connectivity index (χ2n) is 9.55. The number of rotatable bonds is 10. The summed E-state index contributed by atoms with van der Waals surface area (Å²) in [6.45, 7) is 14.5. The third-order valence-electron chi connectivity index (χ3n) is 6.52. The van der Waals surface area contributed by atoms with E-state index in [4.69, 9.17) is 0 Å². The highest BCUT2D eigenvalue weighted by atomic mass is 16.4. The first-order chi connectivity index (χ1) is 14.4. The van der Waals surface area contributed by atoms with E-state index in [2.05, 4.69) is 24.1 Å². The fourth-order valence-corrected chi connectivity index (χ4v) is 4.23. The van der Waals surface area contributed by atoms with E-state index in [-0.39, 0.29) is 47.3 Å². The molecule has 0 radical (unpaired) electrons. The summed E-state index contributed by atoms with van der Waals surface area (Å²) in [5, 5.41) is 12.3. The number of nitrogens with zero attached hydrogens (tertiary/aromatic N) is 2. The zero-order chi connectivity index (χ0) is 23.9. The molecule has 31 heavy (non-hydrogen) atoms. The van der Waals surface area contributed by atoms with Gasteiger partial charge in [0.05, 0.1) is 12.1 Å². The Labute approximate surface area is 188 Å². The molecule has 4 atom stereocenters. The average Bonchev–Trinajstić information content (AvgIpc) is 2.73. The molecular weight excluding hydrogens is 394 g/mol. The molecule has 0 aromatic carbocycles. The summed E-state index contributed by atoms with van der Waals surface area (Å²) in [5.74, 6) is -1.26. The molecule has 7 nitrogen and oxygen atoms in total. The van der Waals surface area contributed by atoms with Crippen LogP contribution in [0.15, 0.2) is 11.6 Å². The first kappa shape index (κ1) is 27.1. The van der Waals surface area contributed by atoms with Gasteiger partial charge in [0, 0.05) is 18.7 Å². The van der Waals surface area contributed by atoms with E-state index in [1.54, 1.807) is 18.0 Å². The molecule has 0 bridgehead atoms. The van der Waals surface area contributed by atoms with Crippen LogP contribution < -0.4 is 5.32 Å². The van der Waals surface area contributed by atoms with Crippen molar-refractivity contribution in [1.82, 2.24) is 15.1 Å². The van der Waals surface area contributed by atoms with Gasteiger partial charge in [-0.3, -0.25) is 14.5 Å². The van der Waals surface area contributed by atoms with Gasteiger partial charge in [-0.1, -0.05) is 46.6 Å². The number of likely N-dealkylation sites (N-methyl/N-ethyl adjacent to an activating group) is 1. The van der Waals surface area contributed by atoms with Crippen LogP contribution in [0.1, 0.15) is 74.1 Å². The number of carbonyl (C=O) groups excluding carboxylic acids is 2. The minimum Gasteiger partial charge on any atom is -0.478 e. The lowest BCUT2D eigenvalue weighted by atomic mass is 9.93. The number of carboxylic acid groups (broad SMARTS) is 1. The van der Waals surface area contributed by atoms with Crippen molar-refractivity contribution in [2.24, 2.45) is 11.8 Å². The summed E-state index contributed by atoms with van der Waals surface area (Å²) in [5.41, 5.74) is 0.206. The minimum atomic E-state index is -0.996. The van der Waals surface area contributed by atoms with Gasteiger partial charge in [0.2, 0.25) is 11.8 Å². The number of amides is 2. The van der Waals surface area contributed by atoms with Crippen molar-refractivity contribution >= 4 is 17.8 Å². The van der Waals surface area contributed by atoms with Gasteiger partial charge in [-0.05, 0) is 52.0 Å². The van der Waals surface area contributed by atoms with Gasteiger partial charge in [0.25, 0.3) is 0 Å². The molecule has 0 aromatic heterocycles. The van der Waals surface area contributed by atoms with Crippen molar-refractivity contribution in [1.29, 1.82) is 0 Å². The Kier molecular flexibility index (Phi) is 10.7. The zero-order valence-electron chi connectivity index (χ0n) is 20.6. The fraction of sp³-hybridized carbons (Fsp3) is 0.792. The molecule has 2 amide bonds. The van der Waals surface area contributed by atoms with Crippen LogP contribution in [-0.4, -0.2) is 70.4 Å². The van der Waals surface area contributed by atoms with Gasteiger partial charge in [-0.25, -0.2) is 4.79 Å². The lowest BCUT2D eigenvalue weighted by Crippen LogP contribution is -2.59. The van der Waals surface area contributed by atoms with Crippen molar-refractivity contribution < 1.29 is 19.5 Å². The Bertz CT molecular complexity index is 659. The topological polar surface area (TPSA) is 90.0 Å². The highest BCUT2D eigenvalue weighted by molar-refractivity contribution is 5.90. The molecule has 178 valence electrons. The number of carbonyl (C=O) groups is 3. The van der Waals surface area contributed by atoms with Crippen LogP contribution in [-0.2, 0) is 14.4 Å². The minimum absolute atomic E-state index is 0.0336. The van der Waals surface area contributed by atoms with Gasteiger partial charge in [0.1, 0.15) is 6.04 Å². The molecule has 0 aromatic rings. The van der Waals surface area contributed by atoms with Crippen molar-refractivity contribution in [2.75, 3.05) is 13.6 Å². The largest absolute Gasteiger partial charge is 0.478 e. The summed E-state index contributed by atoms with van der Waals surface area (Å²) in [6.07, 6.45) is 5.28. The van der Waals surface area contributed by atoms with Crippen molar-refractivity contribution in [3.63, 3.8) is 0 Å². The number of likely N-dealkylation sites (tertiary alicyclic amines) is 1. The molecular formula is C24H43N3O4. The Morgan fingerprint density at radius 1 is 1.16 bits per heavy atom. The van der Waals surface area contributed by atoms with Crippen LogP contribution in [0.2, 0.25) is 0 Å². The molecule has 1 rings (SSSR count). The maximum absolute atomic E-state index is 13.5. The van der Waals surface area contributed by atoms with E-state index in [1.165, 1.54) is 6.92 Å². The molecule has 0 saturated carbocycles. The van der Waals surface area contributed by atoms with E-state index >= 15 is 0 Å². The van der Waals surface area contributed by atoms with Crippen LogP contribution in [0.4, 0.5) is 0 Å². The lowest BCUT2D eigenvalue weighted by molar-refractivity contribution is -0.140. The normalized spacial score (nSPS) is 21.0. The quantitative estimate of drug-likeness (QED) is 0.512. The second kappa shape index (κ2) is 12.2. The molecule has 0 aliphatic carbocycles. The molecule has 7 heteroatoms. The molecule has 1 heterocycles. The van der Waals surface area contributed by atoms with Crippen molar-refractivity contribution in [3.05, 3.63) is 11.6 Å². The summed E-state index contributed by atoms with van der Waals surface area (Å²) < 4.78 is 0. The van der Waals surface area contributed by atoms with Crippen LogP contribution in [0.25, 0.3) is 0 Å². The van der Waals surface area contributed by atoms with Crippen LogP contribution in [0, 0.1) is 11.8 Å². The van der Waals surface area contributed by atoms with Crippen LogP contribution in [0.3, 0.4) is 0 Å². The molecule has 0 spiro atoms. The smallest absolute Gasteiger partial charge is 0.331 e. The molecule has 1 aliphatic heterocycles. The van der Waals surface area contributed by atoms with E-state index in [0.717, 1.165) is 32.2 Å². The van der Waals surface area contributed by atoms with E-state index in [1.807, 2.05) is 27.7 Å². The van der Waals surface area contributed by atoms with Crippen molar-refractivity contribution in [3.8, 4) is 0 Å². The summed E-state index contributed by atoms with van der Waals surface area (Å²) in [4.78, 5) is 41.8. The SMILES string of the molecule is CC[C@@H](C)[C@@H](NC(=O)[C@H]1CCCCN1C(C)C)C(=O)N(C)[C@H](C=C(C)C(=O)O)C(C)C. The number of nitrogens with one attached hydrogen (secondary N) is 1. The van der Waals surface area contributed by atoms with Gasteiger partial charge in [0.15, 0.2) is 0 Å². The molecule has 1 saturated heterocycles. The molecule has 2 N–H and O–H groups in total. The predicted octanol–water partition coefficient (Wildman–Crippen LogP) is 3.29. The summed E-state index contributed by atoms with van der Waals surface area (Å²) in [7, 11) is 1.70. The Morgan fingerprint density at radius 2 is 1.77 bits per heavy atom. The summed E-state index contributed by atoms with van der Waals surface area (Å²) in [6, 6.07) is -0.952.